The third-order valence-corrected chi connectivity index (χ3v) is 5.76. The zero-order valence-electron chi connectivity index (χ0n) is 18.9. The summed E-state index contributed by atoms with van der Waals surface area (Å²) >= 11 is 0. The SMILES string of the molecule is CC.CC(=N)c1cnc(-c2nn(C3CCCCO3)cc2[N+](=O)[O-])cc1NCC1(F)CCC1. The minimum atomic E-state index is -1.25. The van der Waals surface area contributed by atoms with Crippen molar-refractivity contribution < 1.29 is 14.1 Å². The van der Waals surface area contributed by atoms with Gasteiger partial charge in [0.2, 0.25) is 0 Å². The number of alkyl halides is 1. The maximum absolute atomic E-state index is 14.5. The number of rotatable bonds is 7. The summed E-state index contributed by atoms with van der Waals surface area (Å²) in [6, 6.07) is 1.61. The molecule has 3 heterocycles. The number of pyridine rings is 1. The molecule has 0 spiro atoms. The van der Waals surface area contributed by atoms with Crippen molar-refractivity contribution in [3.8, 4) is 11.4 Å². The predicted octanol–water partition coefficient (Wildman–Crippen LogP) is 5.27. The first kappa shape index (κ1) is 23.8. The summed E-state index contributed by atoms with van der Waals surface area (Å²) in [7, 11) is 0. The predicted molar refractivity (Wildman–Crippen MR) is 121 cm³/mol. The third kappa shape index (κ3) is 5.12. The monoisotopic (exact) mass is 446 g/mol. The molecule has 0 radical (unpaired) electrons. The molecule has 2 aliphatic rings. The van der Waals surface area contributed by atoms with Crippen LogP contribution in [0.3, 0.4) is 0 Å². The van der Waals surface area contributed by atoms with Crippen LogP contribution in [0.4, 0.5) is 15.8 Å². The molecule has 1 unspecified atom stereocenters. The van der Waals surface area contributed by atoms with Crippen molar-refractivity contribution in [2.45, 2.75) is 71.2 Å². The Kier molecular flexibility index (Phi) is 7.55. The average Bonchev–Trinajstić information content (AvgIpc) is 3.24. The van der Waals surface area contributed by atoms with E-state index in [9.17, 15) is 14.5 Å². The van der Waals surface area contributed by atoms with Crippen molar-refractivity contribution >= 4 is 17.1 Å². The first-order valence-electron chi connectivity index (χ1n) is 11.2. The van der Waals surface area contributed by atoms with Gasteiger partial charge in [0.25, 0.3) is 0 Å². The highest BCUT2D eigenvalue weighted by atomic mass is 19.1. The quantitative estimate of drug-likeness (QED) is 0.340. The summed E-state index contributed by atoms with van der Waals surface area (Å²) in [5, 5.41) is 27.1. The van der Waals surface area contributed by atoms with E-state index in [1.54, 1.807) is 13.0 Å². The molecule has 1 atom stereocenters. The molecule has 2 aromatic heterocycles. The van der Waals surface area contributed by atoms with Crippen LogP contribution in [0.25, 0.3) is 11.4 Å². The fourth-order valence-electron chi connectivity index (χ4n) is 3.80. The molecule has 0 amide bonds. The molecule has 4 rings (SSSR count). The second-order valence-electron chi connectivity index (χ2n) is 8.02. The Morgan fingerprint density at radius 2 is 2.16 bits per heavy atom. The van der Waals surface area contributed by atoms with Crippen LogP contribution in [-0.4, -0.2) is 44.2 Å². The van der Waals surface area contributed by atoms with E-state index in [2.05, 4.69) is 15.4 Å². The maximum Gasteiger partial charge on any atom is 0.316 e. The van der Waals surface area contributed by atoms with Gasteiger partial charge in [0.1, 0.15) is 18.1 Å². The Balaban J connectivity index is 0.00000141. The van der Waals surface area contributed by atoms with E-state index in [0.29, 0.717) is 36.4 Å². The van der Waals surface area contributed by atoms with Gasteiger partial charge in [-0.1, -0.05) is 13.8 Å². The Bertz CT molecular complexity index is 967. The first-order valence-corrected chi connectivity index (χ1v) is 11.2. The van der Waals surface area contributed by atoms with Crippen LogP contribution in [0, 0.1) is 15.5 Å². The van der Waals surface area contributed by atoms with Crippen LogP contribution in [0.2, 0.25) is 0 Å². The number of aromatic nitrogens is 3. The molecular weight excluding hydrogens is 415 g/mol. The largest absolute Gasteiger partial charge is 0.381 e. The summed E-state index contributed by atoms with van der Waals surface area (Å²) in [6.45, 7) is 6.34. The molecule has 1 aliphatic carbocycles. The third-order valence-electron chi connectivity index (χ3n) is 5.76. The molecule has 1 saturated carbocycles. The van der Waals surface area contributed by atoms with Crippen LogP contribution in [-0.2, 0) is 4.74 Å². The highest BCUT2D eigenvalue weighted by Gasteiger charge is 2.37. The number of nitro groups is 1. The van der Waals surface area contributed by atoms with Crippen LogP contribution in [0.15, 0.2) is 18.5 Å². The van der Waals surface area contributed by atoms with E-state index >= 15 is 0 Å². The molecule has 0 bridgehead atoms. The minimum absolute atomic E-state index is 0.128. The Hall–Kier alpha value is -2.88. The molecule has 9 nitrogen and oxygen atoms in total. The molecule has 174 valence electrons. The normalized spacial score (nSPS) is 19.3. The van der Waals surface area contributed by atoms with Crippen molar-refractivity contribution in [1.29, 1.82) is 5.41 Å². The number of hydrogen-bond acceptors (Lipinski definition) is 7. The van der Waals surface area contributed by atoms with Gasteiger partial charge in [-0.15, -0.1) is 0 Å². The number of anilines is 1. The highest BCUT2D eigenvalue weighted by Crippen LogP contribution is 2.37. The van der Waals surface area contributed by atoms with Gasteiger partial charge in [-0.2, -0.15) is 5.10 Å². The van der Waals surface area contributed by atoms with E-state index < -0.39 is 10.6 Å². The van der Waals surface area contributed by atoms with Crippen molar-refractivity contribution in [2.75, 3.05) is 18.5 Å². The zero-order chi connectivity index (χ0) is 23.3. The lowest BCUT2D eigenvalue weighted by Crippen LogP contribution is -2.39. The van der Waals surface area contributed by atoms with Crippen LogP contribution in [0.1, 0.15) is 71.1 Å². The summed E-state index contributed by atoms with van der Waals surface area (Å²) in [5.74, 6) is 0. The van der Waals surface area contributed by atoms with Crippen molar-refractivity contribution in [2.24, 2.45) is 0 Å². The molecule has 2 aromatic rings. The molecule has 2 fully saturated rings. The molecular formula is C22H31FN6O3. The van der Waals surface area contributed by atoms with Crippen molar-refractivity contribution in [3.05, 3.63) is 34.1 Å². The van der Waals surface area contributed by atoms with Crippen LogP contribution >= 0.6 is 0 Å². The summed E-state index contributed by atoms with van der Waals surface area (Å²) in [6.07, 6.45) is 7.07. The minimum Gasteiger partial charge on any atom is -0.381 e. The van der Waals surface area contributed by atoms with Gasteiger partial charge >= 0.3 is 5.69 Å². The molecule has 1 aliphatic heterocycles. The lowest BCUT2D eigenvalue weighted by Gasteiger charge is -2.34. The van der Waals surface area contributed by atoms with Gasteiger partial charge in [-0.25, -0.2) is 9.07 Å². The summed E-state index contributed by atoms with van der Waals surface area (Å²) < 4.78 is 21.7. The van der Waals surface area contributed by atoms with Gasteiger partial charge in [0, 0.05) is 36.3 Å². The molecule has 2 N–H and O–H groups in total. The second kappa shape index (κ2) is 10.2. The first-order chi connectivity index (χ1) is 15.4. The van der Waals surface area contributed by atoms with Gasteiger partial charge < -0.3 is 15.5 Å². The standard InChI is InChI=1S/C20H25FN6O3.C2H6/c1-13(22)14-10-23-16(9-15(14)24-12-20(21)6-4-7-20)19-17(27(28)29)11-26(25-19)18-5-2-3-8-30-18;1-2/h9-11,18,22H,2-8,12H2,1H3,(H,23,24);1-2H3. The smallest absolute Gasteiger partial charge is 0.316 e. The highest BCUT2D eigenvalue weighted by molar-refractivity contribution is 6.01. The molecule has 10 heteroatoms. The Labute approximate surface area is 187 Å². The Morgan fingerprint density at radius 3 is 2.72 bits per heavy atom. The average molecular weight is 447 g/mol. The van der Waals surface area contributed by atoms with E-state index in [0.717, 1.165) is 25.7 Å². The lowest BCUT2D eigenvalue weighted by atomic mass is 9.82. The number of hydrogen-bond donors (Lipinski definition) is 2. The zero-order valence-corrected chi connectivity index (χ0v) is 18.9. The maximum atomic E-state index is 14.5. The number of ether oxygens (including phenoxy) is 1. The van der Waals surface area contributed by atoms with Gasteiger partial charge in [-0.05, 0) is 51.5 Å². The van der Waals surface area contributed by atoms with Gasteiger partial charge in [0.15, 0.2) is 5.69 Å². The fourth-order valence-corrected chi connectivity index (χ4v) is 3.80. The van der Waals surface area contributed by atoms with E-state index in [1.807, 2.05) is 13.8 Å². The van der Waals surface area contributed by atoms with Crippen LogP contribution in [0.5, 0.6) is 0 Å². The van der Waals surface area contributed by atoms with E-state index in [1.165, 1.54) is 17.1 Å². The van der Waals surface area contributed by atoms with Gasteiger partial charge in [0.05, 0.1) is 10.6 Å². The molecule has 0 aromatic carbocycles. The second-order valence-corrected chi connectivity index (χ2v) is 8.02. The van der Waals surface area contributed by atoms with Gasteiger partial charge in [-0.3, -0.25) is 15.1 Å². The molecule has 1 saturated heterocycles. The van der Waals surface area contributed by atoms with Crippen LogP contribution < -0.4 is 5.32 Å². The Morgan fingerprint density at radius 1 is 1.41 bits per heavy atom. The number of halogens is 1. The van der Waals surface area contributed by atoms with Crippen molar-refractivity contribution in [1.82, 2.24) is 14.8 Å². The number of nitrogens with zero attached hydrogens (tertiary/aromatic N) is 4. The fraction of sp³-hybridized carbons (Fsp3) is 0.591. The number of nitrogens with one attached hydrogen (secondary N) is 2. The summed E-state index contributed by atoms with van der Waals surface area (Å²) in [4.78, 5) is 15.5. The molecule has 32 heavy (non-hydrogen) atoms. The summed E-state index contributed by atoms with van der Waals surface area (Å²) in [5.41, 5.74) is 0.336. The van der Waals surface area contributed by atoms with E-state index in [4.69, 9.17) is 10.1 Å². The lowest BCUT2D eigenvalue weighted by molar-refractivity contribution is -0.384. The van der Waals surface area contributed by atoms with E-state index in [-0.39, 0.29) is 29.9 Å². The van der Waals surface area contributed by atoms with Crippen molar-refractivity contribution in [3.63, 3.8) is 0 Å². The topological polar surface area (TPSA) is 119 Å².